The maximum absolute atomic E-state index is 13.5. The third-order valence-corrected chi connectivity index (χ3v) is 9.14. The van der Waals surface area contributed by atoms with Crippen LogP contribution in [0, 0.1) is 6.92 Å². The topological polar surface area (TPSA) is 172 Å². The summed E-state index contributed by atoms with van der Waals surface area (Å²) in [6.45, 7) is 5.86. The van der Waals surface area contributed by atoms with Crippen LogP contribution in [-0.4, -0.2) is 116 Å². The molecule has 2 fully saturated rings. The van der Waals surface area contributed by atoms with E-state index >= 15 is 0 Å². The minimum atomic E-state index is -3.18. The van der Waals surface area contributed by atoms with Gasteiger partial charge < -0.3 is 14.2 Å². The van der Waals surface area contributed by atoms with Crippen LogP contribution in [0.15, 0.2) is 40.1 Å². The Morgan fingerprint density at radius 2 is 1.88 bits per heavy atom. The number of hydrogen-bond donors (Lipinski definition) is 2. The van der Waals surface area contributed by atoms with Crippen molar-refractivity contribution in [3.8, 4) is 11.4 Å². The Morgan fingerprint density at radius 3 is 2.55 bits per heavy atom. The number of aryl methyl sites for hydroxylation is 1. The van der Waals surface area contributed by atoms with E-state index < -0.39 is 31.1 Å². The summed E-state index contributed by atoms with van der Waals surface area (Å²) in [5.41, 5.74) is 0.714. The van der Waals surface area contributed by atoms with Crippen LogP contribution < -0.4 is 11.2 Å². The van der Waals surface area contributed by atoms with E-state index in [1.807, 2.05) is 11.9 Å². The molecule has 2 saturated heterocycles. The summed E-state index contributed by atoms with van der Waals surface area (Å²) in [5.74, 6) is 0.344. The Hall–Kier alpha value is -3.49. The molecule has 2 unspecified atom stereocenters. The predicted molar refractivity (Wildman–Crippen MR) is 144 cm³/mol. The van der Waals surface area contributed by atoms with Gasteiger partial charge >= 0.3 is 5.69 Å². The van der Waals surface area contributed by atoms with Crippen molar-refractivity contribution in [3.05, 3.63) is 62.4 Å². The Labute approximate surface area is 229 Å². The van der Waals surface area contributed by atoms with Crippen molar-refractivity contribution in [2.24, 2.45) is 0 Å². The van der Waals surface area contributed by atoms with Gasteiger partial charge in [0.05, 0.1) is 12.7 Å². The molecule has 214 valence electrons. The molecule has 2 aliphatic heterocycles. The number of morpholine rings is 1. The van der Waals surface area contributed by atoms with Crippen molar-refractivity contribution in [1.29, 1.82) is 0 Å². The van der Waals surface area contributed by atoms with Crippen molar-refractivity contribution < 1.29 is 18.6 Å². The largest absolute Gasteiger partial charge is 0.350 e. The van der Waals surface area contributed by atoms with Crippen molar-refractivity contribution in [1.82, 2.24) is 44.6 Å². The lowest BCUT2D eigenvalue weighted by molar-refractivity contribution is -0.128. The zero-order chi connectivity index (χ0) is 28.4. The third-order valence-electron chi connectivity index (χ3n) is 7.08. The van der Waals surface area contributed by atoms with Gasteiger partial charge in [-0.05, 0) is 31.3 Å². The molecule has 16 heteroatoms. The molecule has 2 aromatic heterocycles. The van der Waals surface area contributed by atoms with Crippen LogP contribution in [-0.2, 0) is 13.8 Å². The number of tetrazole rings is 1. The van der Waals surface area contributed by atoms with Crippen LogP contribution in [0.5, 0.6) is 0 Å². The molecule has 3 atom stereocenters. The minimum absolute atomic E-state index is 0.0670. The molecule has 0 saturated carbocycles. The Bertz CT molecular complexity index is 1500. The quantitative estimate of drug-likeness (QED) is 0.369. The number of carbonyl (C=O) groups excluding carboxylic acids is 1. The van der Waals surface area contributed by atoms with E-state index in [1.54, 1.807) is 47.4 Å². The average molecular weight is 574 g/mol. The predicted octanol–water partition coefficient (Wildman–Crippen LogP) is 0.152. The van der Waals surface area contributed by atoms with Gasteiger partial charge in [-0.15, -0.1) is 10.2 Å². The van der Waals surface area contributed by atoms with Crippen LogP contribution in [0.25, 0.3) is 11.4 Å². The molecule has 1 aromatic carbocycles. The highest BCUT2D eigenvalue weighted by molar-refractivity contribution is 7.55. The lowest BCUT2D eigenvalue weighted by atomic mass is 10.1. The number of H-pyrrole nitrogens is 2. The van der Waals surface area contributed by atoms with E-state index in [0.717, 1.165) is 5.56 Å². The molecule has 4 heterocycles. The number of nitrogens with one attached hydrogen (secondary N) is 2. The summed E-state index contributed by atoms with van der Waals surface area (Å²) in [4.78, 5) is 43.1. The van der Waals surface area contributed by atoms with Crippen LogP contribution >= 0.6 is 7.52 Å². The molecule has 0 radical (unpaired) electrons. The first-order valence-corrected chi connectivity index (χ1v) is 14.9. The highest BCUT2D eigenvalue weighted by Gasteiger charge is 2.34. The smallest absolute Gasteiger partial charge is 0.330 e. The van der Waals surface area contributed by atoms with Crippen molar-refractivity contribution in [2.75, 3.05) is 59.6 Å². The molecule has 0 bridgehead atoms. The number of carbonyl (C=O) groups is 1. The number of aromatic nitrogens is 6. The number of rotatable bonds is 7. The Kier molecular flexibility index (Phi) is 8.10. The van der Waals surface area contributed by atoms with E-state index in [1.165, 1.54) is 10.8 Å². The van der Waals surface area contributed by atoms with Crippen LogP contribution in [0.3, 0.4) is 0 Å². The Morgan fingerprint density at radius 1 is 1.15 bits per heavy atom. The van der Waals surface area contributed by atoms with Crippen molar-refractivity contribution in [3.63, 3.8) is 0 Å². The zero-order valence-corrected chi connectivity index (χ0v) is 23.4. The second-order valence-corrected chi connectivity index (χ2v) is 12.5. The SMILES string of the molecule is Cc1cn(C2CN(C)C[C@@H](COP(C)(=O)N3CCN(C(=O)c4ccc(-c5nn[nH]n5)cc4)CC3)O2)c(=O)[nH]c1=O. The lowest BCUT2D eigenvalue weighted by Crippen LogP contribution is -2.49. The van der Waals surface area contributed by atoms with Gasteiger partial charge in [0.15, 0.2) is 6.23 Å². The number of aromatic amines is 2. The first-order chi connectivity index (χ1) is 19.1. The molecule has 2 N–H and O–H groups in total. The van der Waals surface area contributed by atoms with Gasteiger partial charge in [-0.2, -0.15) is 5.21 Å². The van der Waals surface area contributed by atoms with Gasteiger partial charge in [-0.25, -0.2) is 9.46 Å². The second kappa shape index (κ2) is 11.6. The molecule has 1 amide bonds. The zero-order valence-electron chi connectivity index (χ0n) is 22.5. The molecule has 0 spiro atoms. The molecular formula is C24H32N9O6P. The first-order valence-electron chi connectivity index (χ1n) is 12.9. The highest BCUT2D eigenvalue weighted by Crippen LogP contribution is 2.47. The average Bonchev–Trinajstić information content (AvgIpc) is 3.49. The number of ether oxygens (including phenoxy) is 1. The second-order valence-electron chi connectivity index (χ2n) is 10.1. The van der Waals surface area contributed by atoms with Gasteiger partial charge in [0.2, 0.25) is 5.82 Å². The van der Waals surface area contributed by atoms with Gasteiger partial charge in [-0.1, -0.05) is 12.1 Å². The number of hydrogen-bond acceptors (Lipinski definition) is 10. The minimum Gasteiger partial charge on any atom is -0.350 e. The van der Waals surface area contributed by atoms with E-state index in [-0.39, 0.29) is 12.5 Å². The molecule has 3 aromatic rings. The fourth-order valence-corrected chi connectivity index (χ4v) is 6.35. The molecule has 0 aliphatic carbocycles. The van der Waals surface area contributed by atoms with E-state index in [9.17, 15) is 18.9 Å². The third kappa shape index (κ3) is 6.13. The Balaban J connectivity index is 1.14. The molecule has 2 aliphatic rings. The maximum atomic E-state index is 13.5. The van der Waals surface area contributed by atoms with Gasteiger partial charge in [0, 0.05) is 68.8 Å². The molecule has 5 rings (SSSR count). The fraction of sp³-hybridized carbons (Fsp3) is 0.500. The monoisotopic (exact) mass is 573 g/mol. The van der Waals surface area contributed by atoms with Crippen LogP contribution in [0.4, 0.5) is 0 Å². The van der Waals surface area contributed by atoms with Gasteiger partial charge in [-0.3, -0.25) is 28.6 Å². The molecular weight excluding hydrogens is 541 g/mol. The number of nitrogens with zero attached hydrogens (tertiary/aromatic N) is 7. The number of amides is 1. The summed E-state index contributed by atoms with van der Waals surface area (Å²) in [5, 5.41) is 13.8. The van der Waals surface area contributed by atoms with Gasteiger partial charge in [0.1, 0.15) is 0 Å². The van der Waals surface area contributed by atoms with Crippen molar-refractivity contribution in [2.45, 2.75) is 19.3 Å². The van der Waals surface area contributed by atoms with E-state index in [2.05, 4.69) is 25.6 Å². The van der Waals surface area contributed by atoms with Crippen LogP contribution in [0.1, 0.15) is 22.1 Å². The van der Waals surface area contributed by atoms with E-state index in [0.29, 0.717) is 56.2 Å². The lowest BCUT2D eigenvalue weighted by Gasteiger charge is -2.39. The normalized spacial score (nSPS) is 22.2. The molecule has 15 nitrogen and oxygen atoms in total. The number of likely N-dealkylation sites (N-methyl/N-ethyl adjacent to an activating group) is 1. The van der Waals surface area contributed by atoms with Crippen LogP contribution in [0.2, 0.25) is 0 Å². The first kappa shape index (κ1) is 28.1. The summed E-state index contributed by atoms with van der Waals surface area (Å²) >= 11 is 0. The fourth-order valence-electron chi connectivity index (χ4n) is 4.84. The maximum Gasteiger partial charge on any atom is 0.330 e. The summed E-state index contributed by atoms with van der Waals surface area (Å²) < 4.78 is 28.6. The molecule has 40 heavy (non-hydrogen) atoms. The van der Waals surface area contributed by atoms with Gasteiger partial charge in [0.25, 0.3) is 19.0 Å². The summed E-state index contributed by atoms with van der Waals surface area (Å²) in [6.07, 6.45) is 0.424. The summed E-state index contributed by atoms with van der Waals surface area (Å²) in [6, 6.07) is 7.00. The highest BCUT2D eigenvalue weighted by atomic mass is 31.2. The number of benzene rings is 1. The van der Waals surface area contributed by atoms with Crippen molar-refractivity contribution >= 4 is 13.4 Å². The standard InChI is InChI=1S/C24H32N9O6P/c1-16-12-33(24(36)25-22(16)34)20-14-30(2)13-19(39-20)15-38-40(3,37)32-10-8-31(9-11-32)23(35)18-6-4-17(5-7-18)21-26-28-29-27-21/h4-7,12,19-20H,8-11,13-15H2,1-3H3,(H,25,34,36)(H,26,27,28,29)/t19-,20?,40?/m0/s1. The number of piperazine rings is 1. The van der Waals surface area contributed by atoms with E-state index in [4.69, 9.17) is 9.26 Å². The summed E-state index contributed by atoms with van der Waals surface area (Å²) in [7, 11) is -1.28.